The van der Waals surface area contributed by atoms with Crippen LogP contribution in [0.5, 0.6) is 0 Å². The summed E-state index contributed by atoms with van der Waals surface area (Å²) in [5.74, 6) is -2.75. The van der Waals surface area contributed by atoms with E-state index in [-0.39, 0.29) is 6.61 Å². The molecule has 2 unspecified atom stereocenters. The maximum atomic E-state index is 12.4. The first-order valence-corrected chi connectivity index (χ1v) is 7.18. The molecule has 0 saturated carbocycles. The molecular weight excluding hydrogens is 286 g/mol. The summed E-state index contributed by atoms with van der Waals surface area (Å²) in [6, 6.07) is 0. The number of aliphatic hydroxyl groups is 2. The Morgan fingerprint density at radius 1 is 1.50 bits per heavy atom. The number of fused-ring (bicyclic) bond motifs is 3. The van der Waals surface area contributed by atoms with E-state index in [1.165, 1.54) is 0 Å². The van der Waals surface area contributed by atoms with Crippen LogP contribution in [0.25, 0.3) is 0 Å². The van der Waals surface area contributed by atoms with Crippen molar-refractivity contribution in [2.45, 2.75) is 38.4 Å². The fraction of sp³-hybridized carbons (Fsp3) is 0.500. The molecule has 6 nitrogen and oxygen atoms in total. The average Bonchev–Trinajstić information content (AvgIpc) is 2.85. The molecule has 0 radical (unpaired) electrons. The number of nitrogens with zero attached hydrogens (tertiary/aromatic N) is 1. The number of ether oxygens (including phenoxy) is 2. The molecule has 3 rings (SSSR count). The second-order valence-corrected chi connectivity index (χ2v) is 6.52. The van der Waals surface area contributed by atoms with Crippen LogP contribution in [0.4, 0.5) is 0 Å². The van der Waals surface area contributed by atoms with Crippen LogP contribution in [0.1, 0.15) is 20.8 Å². The molecule has 0 spiro atoms. The molecule has 0 bridgehead atoms. The van der Waals surface area contributed by atoms with Crippen molar-refractivity contribution in [2.24, 2.45) is 10.9 Å². The lowest BCUT2D eigenvalue weighted by molar-refractivity contribution is -0.176. The molecule has 0 aromatic rings. The number of aliphatic hydroxyl groups excluding tert-OH is 1. The first kappa shape index (κ1) is 15.1. The van der Waals surface area contributed by atoms with E-state index >= 15 is 0 Å². The highest BCUT2D eigenvalue weighted by Gasteiger charge is 2.53. The van der Waals surface area contributed by atoms with Gasteiger partial charge in [-0.05, 0) is 32.9 Å². The Kier molecular flexibility index (Phi) is 3.36. The molecule has 0 amide bonds. The topological polar surface area (TPSA) is 88.4 Å². The molecule has 1 aliphatic carbocycles. The molecule has 22 heavy (non-hydrogen) atoms. The van der Waals surface area contributed by atoms with Gasteiger partial charge in [0, 0.05) is 5.57 Å². The Balaban J connectivity index is 1.95. The van der Waals surface area contributed by atoms with E-state index in [1.807, 2.05) is 0 Å². The standard InChI is InChI=1S/C16H19NO5/c1-15(2,3)22-14(19)10-5-4-6-12-13(10)11-7-9(8-18)21-16(11,20)17-12/h4-7,9,13,18,20H,8H2,1-3H3/t9-,13?,16?/m0/s1. The third kappa shape index (κ3) is 2.43. The van der Waals surface area contributed by atoms with E-state index in [1.54, 1.807) is 45.1 Å². The lowest BCUT2D eigenvalue weighted by Gasteiger charge is -2.25. The van der Waals surface area contributed by atoms with Crippen molar-refractivity contribution in [3.8, 4) is 0 Å². The molecule has 2 heterocycles. The minimum Gasteiger partial charge on any atom is -0.457 e. The summed E-state index contributed by atoms with van der Waals surface area (Å²) < 4.78 is 10.8. The van der Waals surface area contributed by atoms with Gasteiger partial charge in [-0.1, -0.05) is 12.2 Å². The number of hydrogen-bond donors (Lipinski definition) is 2. The molecule has 3 atom stereocenters. The number of allylic oxidation sites excluding steroid dienone is 3. The van der Waals surface area contributed by atoms with Crippen molar-refractivity contribution >= 4 is 11.7 Å². The first-order valence-electron chi connectivity index (χ1n) is 7.18. The minimum absolute atomic E-state index is 0.259. The number of hydrogen-bond acceptors (Lipinski definition) is 6. The number of rotatable bonds is 2. The Morgan fingerprint density at radius 3 is 2.86 bits per heavy atom. The molecule has 0 saturated heterocycles. The van der Waals surface area contributed by atoms with Crippen LogP contribution >= 0.6 is 0 Å². The van der Waals surface area contributed by atoms with Crippen LogP contribution in [-0.4, -0.2) is 46.1 Å². The van der Waals surface area contributed by atoms with Gasteiger partial charge in [0.15, 0.2) is 0 Å². The Hall–Kier alpha value is -1.76. The van der Waals surface area contributed by atoms with Crippen molar-refractivity contribution in [3.05, 3.63) is 35.5 Å². The molecule has 6 heteroatoms. The molecule has 118 valence electrons. The Morgan fingerprint density at radius 2 is 2.23 bits per heavy atom. The van der Waals surface area contributed by atoms with Gasteiger partial charge in [-0.2, -0.15) is 0 Å². The third-order valence-corrected chi connectivity index (χ3v) is 3.61. The van der Waals surface area contributed by atoms with Gasteiger partial charge in [0.2, 0.25) is 0 Å². The maximum absolute atomic E-state index is 12.4. The van der Waals surface area contributed by atoms with Gasteiger partial charge in [0.25, 0.3) is 5.91 Å². The normalized spacial score (nSPS) is 32.9. The van der Waals surface area contributed by atoms with Gasteiger partial charge in [-0.15, -0.1) is 0 Å². The van der Waals surface area contributed by atoms with E-state index in [2.05, 4.69) is 4.99 Å². The number of aliphatic imine (C=N–C) groups is 1. The predicted molar refractivity (Wildman–Crippen MR) is 79.0 cm³/mol. The van der Waals surface area contributed by atoms with Crippen molar-refractivity contribution in [1.29, 1.82) is 0 Å². The van der Waals surface area contributed by atoms with E-state index < -0.39 is 29.5 Å². The molecule has 2 N–H and O–H groups in total. The van der Waals surface area contributed by atoms with Crippen LogP contribution in [0.2, 0.25) is 0 Å². The highest BCUT2D eigenvalue weighted by Crippen LogP contribution is 2.45. The molecule has 3 aliphatic rings. The third-order valence-electron chi connectivity index (χ3n) is 3.61. The Bertz CT molecular complexity index is 637. The zero-order valence-electron chi connectivity index (χ0n) is 12.7. The molecule has 2 aliphatic heterocycles. The number of esters is 1. The van der Waals surface area contributed by atoms with Gasteiger partial charge in [-0.3, -0.25) is 0 Å². The van der Waals surface area contributed by atoms with Gasteiger partial charge >= 0.3 is 5.97 Å². The van der Waals surface area contributed by atoms with Crippen LogP contribution in [0.3, 0.4) is 0 Å². The summed E-state index contributed by atoms with van der Waals surface area (Å²) in [5.41, 5.74) is 0.802. The van der Waals surface area contributed by atoms with Crippen molar-refractivity contribution in [3.63, 3.8) is 0 Å². The minimum atomic E-state index is -1.80. The summed E-state index contributed by atoms with van der Waals surface area (Å²) in [6.07, 6.45) is 6.08. The SMILES string of the molecule is CC(C)(C)OC(=O)C1=CC=CC2=NC3(O)O[C@H](CO)C=C3C12. The van der Waals surface area contributed by atoms with E-state index in [4.69, 9.17) is 9.47 Å². The highest BCUT2D eigenvalue weighted by atomic mass is 16.7. The highest BCUT2D eigenvalue weighted by molar-refractivity contribution is 6.10. The summed E-state index contributed by atoms with van der Waals surface area (Å²) in [4.78, 5) is 16.6. The van der Waals surface area contributed by atoms with Gasteiger partial charge in [0.1, 0.15) is 11.7 Å². The van der Waals surface area contributed by atoms with E-state index in [0.717, 1.165) is 0 Å². The summed E-state index contributed by atoms with van der Waals surface area (Å²) >= 11 is 0. The van der Waals surface area contributed by atoms with E-state index in [0.29, 0.717) is 16.9 Å². The summed E-state index contributed by atoms with van der Waals surface area (Å²) in [6.45, 7) is 5.13. The van der Waals surface area contributed by atoms with Crippen molar-refractivity contribution in [1.82, 2.24) is 0 Å². The fourth-order valence-electron chi connectivity index (χ4n) is 2.82. The quantitative estimate of drug-likeness (QED) is 0.583. The maximum Gasteiger partial charge on any atom is 0.335 e. The number of carbonyl (C=O) groups excluding carboxylic acids is 1. The smallest absolute Gasteiger partial charge is 0.335 e. The van der Waals surface area contributed by atoms with Gasteiger partial charge < -0.3 is 19.7 Å². The van der Waals surface area contributed by atoms with Gasteiger partial charge in [-0.25, -0.2) is 9.79 Å². The first-order chi connectivity index (χ1) is 10.2. The second kappa shape index (κ2) is 4.87. The van der Waals surface area contributed by atoms with Crippen LogP contribution in [0.15, 0.2) is 40.4 Å². The Labute approximate surface area is 128 Å². The number of carbonyl (C=O) groups is 1. The fourth-order valence-corrected chi connectivity index (χ4v) is 2.82. The van der Waals surface area contributed by atoms with Crippen molar-refractivity contribution in [2.75, 3.05) is 6.61 Å². The van der Waals surface area contributed by atoms with Crippen LogP contribution in [-0.2, 0) is 14.3 Å². The molecule has 0 aromatic carbocycles. The average molecular weight is 305 g/mol. The zero-order chi connectivity index (χ0) is 16.1. The molecule has 0 aromatic heterocycles. The lowest BCUT2D eigenvalue weighted by Crippen LogP contribution is -2.32. The van der Waals surface area contributed by atoms with Crippen molar-refractivity contribution < 1.29 is 24.5 Å². The predicted octanol–water partition coefficient (Wildman–Crippen LogP) is 0.859. The largest absolute Gasteiger partial charge is 0.457 e. The zero-order valence-corrected chi connectivity index (χ0v) is 12.7. The van der Waals surface area contributed by atoms with Gasteiger partial charge in [0.05, 0.1) is 23.8 Å². The summed E-state index contributed by atoms with van der Waals surface area (Å²) in [7, 11) is 0. The molecular formula is C16H19NO5. The molecule has 0 fully saturated rings. The van der Waals surface area contributed by atoms with Crippen LogP contribution < -0.4 is 0 Å². The lowest BCUT2D eigenvalue weighted by atomic mass is 9.84. The summed E-state index contributed by atoms with van der Waals surface area (Å²) in [5, 5.41) is 19.7. The van der Waals surface area contributed by atoms with Crippen LogP contribution in [0, 0.1) is 5.92 Å². The monoisotopic (exact) mass is 305 g/mol. The van der Waals surface area contributed by atoms with E-state index in [9.17, 15) is 15.0 Å². The second-order valence-electron chi connectivity index (χ2n) is 6.52.